The van der Waals surface area contributed by atoms with Gasteiger partial charge in [0.15, 0.2) is 9.84 Å². The summed E-state index contributed by atoms with van der Waals surface area (Å²) < 4.78 is 24.5. The van der Waals surface area contributed by atoms with Crippen LogP contribution in [0.4, 0.5) is 5.69 Å². The van der Waals surface area contributed by atoms with E-state index in [9.17, 15) is 8.42 Å². The van der Waals surface area contributed by atoms with Gasteiger partial charge in [-0.25, -0.2) is 8.42 Å². The van der Waals surface area contributed by atoms with E-state index in [0.29, 0.717) is 12.3 Å². The Morgan fingerprint density at radius 1 is 1.48 bits per heavy atom. The topological polar surface area (TPSA) is 62.3 Å². The zero-order valence-electron chi connectivity index (χ0n) is 12.6. The summed E-state index contributed by atoms with van der Waals surface area (Å²) in [6, 6.07) is 3.93. The largest absolute Gasteiger partial charge is 0.385 e. The van der Waals surface area contributed by atoms with Crippen LogP contribution in [0.15, 0.2) is 18.3 Å². The van der Waals surface area contributed by atoms with Crippen molar-refractivity contribution < 1.29 is 8.42 Å². The van der Waals surface area contributed by atoms with Gasteiger partial charge in [0.05, 0.1) is 5.69 Å². The summed E-state index contributed by atoms with van der Waals surface area (Å²) >= 11 is 1.72. The number of aromatic nitrogens is 1. The second kappa shape index (κ2) is 7.47. The van der Waals surface area contributed by atoms with Crippen LogP contribution in [0.5, 0.6) is 0 Å². The maximum absolute atomic E-state index is 12.2. The Kier molecular flexibility index (Phi) is 5.89. The fourth-order valence-corrected chi connectivity index (χ4v) is 5.49. The summed E-state index contributed by atoms with van der Waals surface area (Å²) in [7, 11) is -3.05. The van der Waals surface area contributed by atoms with E-state index >= 15 is 0 Å². The summed E-state index contributed by atoms with van der Waals surface area (Å²) in [5, 5.41) is 2.87. The molecule has 0 saturated carbocycles. The van der Waals surface area contributed by atoms with Gasteiger partial charge in [0.2, 0.25) is 0 Å². The highest BCUT2D eigenvalue weighted by atomic mass is 32.2. The van der Waals surface area contributed by atoms with E-state index in [1.807, 2.05) is 24.0 Å². The third kappa shape index (κ3) is 4.34. The molecule has 1 fully saturated rings. The first kappa shape index (κ1) is 16.6. The zero-order chi connectivity index (χ0) is 15.3. The number of hydrogen-bond acceptors (Lipinski definition) is 6. The van der Waals surface area contributed by atoms with Crippen LogP contribution in [0.25, 0.3) is 0 Å². The molecule has 1 aromatic heterocycles. The molecular weight excluding hydrogens is 306 g/mol. The molecule has 7 heteroatoms. The van der Waals surface area contributed by atoms with E-state index in [-0.39, 0.29) is 11.1 Å². The van der Waals surface area contributed by atoms with Crippen molar-refractivity contribution in [3.05, 3.63) is 24.0 Å². The number of pyridine rings is 1. The predicted octanol–water partition coefficient (Wildman–Crippen LogP) is 1.82. The smallest absolute Gasteiger partial charge is 0.166 e. The van der Waals surface area contributed by atoms with Gasteiger partial charge in [-0.05, 0) is 19.1 Å². The number of rotatable bonds is 6. The average molecular weight is 329 g/mol. The second-order valence-corrected chi connectivity index (χ2v) is 8.61. The lowest BCUT2D eigenvalue weighted by Crippen LogP contribution is -2.47. The molecule has 1 atom stereocenters. The molecule has 0 aromatic carbocycles. The van der Waals surface area contributed by atoms with Gasteiger partial charge in [0, 0.05) is 48.8 Å². The van der Waals surface area contributed by atoms with Crippen molar-refractivity contribution in [2.75, 3.05) is 35.7 Å². The Hall–Kier alpha value is -0.790. The van der Waals surface area contributed by atoms with E-state index < -0.39 is 9.84 Å². The van der Waals surface area contributed by atoms with E-state index in [2.05, 4.69) is 10.3 Å². The molecule has 0 amide bonds. The Bertz CT molecular complexity index is 563. The number of nitrogens with zero attached hydrogens (tertiary/aromatic N) is 2. The molecule has 5 nitrogen and oxygen atoms in total. The Morgan fingerprint density at radius 2 is 2.29 bits per heavy atom. The highest BCUT2D eigenvalue weighted by molar-refractivity contribution is 8.01. The summed E-state index contributed by atoms with van der Waals surface area (Å²) in [6.45, 7) is 6.00. The molecule has 1 aromatic rings. The minimum atomic E-state index is -3.05. The summed E-state index contributed by atoms with van der Waals surface area (Å²) in [5.74, 6) is 1.82. The van der Waals surface area contributed by atoms with Crippen LogP contribution in [0.3, 0.4) is 0 Å². The van der Waals surface area contributed by atoms with Gasteiger partial charge in [0.1, 0.15) is 5.37 Å². The quantitative estimate of drug-likeness (QED) is 0.859. The first-order valence-electron chi connectivity index (χ1n) is 7.29. The molecule has 1 aliphatic rings. The van der Waals surface area contributed by atoms with Gasteiger partial charge in [0.25, 0.3) is 0 Å². The molecule has 118 valence electrons. The molecule has 1 N–H and O–H groups in total. The molecule has 2 heterocycles. The summed E-state index contributed by atoms with van der Waals surface area (Å²) in [4.78, 5) is 6.42. The molecular formula is C14H23N3O2S2. The van der Waals surface area contributed by atoms with Crippen LogP contribution >= 0.6 is 11.8 Å². The minimum absolute atomic E-state index is 0.194. The monoisotopic (exact) mass is 329 g/mol. The van der Waals surface area contributed by atoms with E-state index in [0.717, 1.165) is 30.2 Å². The van der Waals surface area contributed by atoms with Crippen molar-refractivity contribution in [1.29, 1.82) is 0 Å². The molecule has 1 aliphatic heterocycles. The highest BCUT2D eigenvalue weighted by Gasteiger charge is 2.32. The van der Waals surface area contributed by atoms with Gasteiger partial charge in [-0.3, -0.25) is 9.88 Å². The number of nitrogens with one attached hydrogen (secondary N) is 1. The van der Waals surface area contributed by atoms with Gasteiger partial charge in [-0.1, -0.05) is 6.92 Å². The zero-order valence-corrected chi connectivity index (χ0v) is 14.2. The van der Waals surface area contributed by atoms with Gasteiger partial charge in [-0.15, -0.1) is 0 Å². The molecule has 0 aliphatic carbocycles. The van der Waals surface area contributed by atoms with E-state index in [1.165, 1.54) is 0 Å². The third-order valence-electron chi connectivity index (χ3n) is 3.57. The average Bonchev–Trinajstić information content (AvgIpc) is 2.48. The first-order chi connectivity index (χ1) is 10.1. The number of hydrogen-bond donors (Lipinski definition) is 1. The lowest BCUT2D eigenvalue weighted by Gasteiger charge is -2.34. The Morgan fingerprint density at radius 3 is 3.00 bits per heavy atom. The normalized spacial score (nSPS) is 20.4. The lowest BCUT2D eigenvalue weighted by atomic mass is 10.3. The Balaban J connectivity index is 2.14. The van der Waals surface area contributed by atoms with Crippen LogP contribution in [-0.2, 0) is 16.4 Å². The number of anilines is 1. The van der Waals surface area contributed by atoms with Crippen LogP contribution in [0.2, 0.25) is 0 Å². The maximum atomic E-state index is 12.2. The molecule has 1 saturated heterocycles. The fraction of sp³-hybridized carbons (Fsp3) is 0.643. The standard InChI is InChI=1S/C14H23N3O2S2/c1-3-15-12-5-6-16-13(9-12)10-17-7-8-20-11-14(17)21(18,19)4-2/h5-6,9,14H,3-4,7-8,10-11H2,1-2H3,(H,15,16). The van der Waals surface area contributed by atoms with Crippen molar-refractivity contribution in [2.45, 2.75) is 25.8 Å². The summed E-state index contributed by atoms with van der Waals surface area (Å²) in [5.41, 5.74) is 1.94. The molecule has 1 unspecified atom stereocenters. The van der Waals surface area contributed by atoms with Crippen molar-refractivity contribution in [3.8, 4) is 0 Å². The van der Waals surface area contributed by atoms with E-state index in [1.54, 1.807) is 24.9 Å². The SMILES string of the molecule is CCNc1ccnc(CN2CCSCC2S(=O)(=O)CC)c1. The summed E-state index contributed by atoms with van der Waals surface area (Å²) in [6.07, 6.45) is 1.77. The maximum Gasteiger partial charge on any atom is 0.166 e. The van der Waals surface area contributed by atoms with E-state index in [4.69, 9.17) is 0 Å². The highest BCUT2D eigenvalue weighted by Crippen LogP contribution is 2.23. The fourth-order valence-electron chi connectivity index (χ4n) is 2.41. The third-order valence-corrected chi connectivity index (χ3v) is 6.90. The van der Waals surface area contributed by atoms with Crippen molar-refractivity contribution in [3.63, 3.8) is 0 Å². The van der Waals surface area contributed by atoms with Crippen LogP contribution in [0, 0.1) is 0 Å². The van der Waals surface area contributed by atoms with Gasteiger partial charge >= 0.3 is 0 Å². The van der Waals surface area contributed by atoms with Crippen LogP contribution in [-0.4, -0.2) is 54.0 Å². The number of sulfone groups is 1. The van der Waals surface area contributed by atoms with Crippen molar-refractivity contribution in [2.24, 2.45) is 0 Å². The predicted molar refractivity (Wildman–Crippen MR) is 89.4 cm³/mol. The molecule has 0 bridgehead atoms. The van der Waals surface area contributed by atoms with Crippen LogP contribution < -0.4 is 5.32 Å². The van der Waals surface area contributed by atoms with Crippen LogP contribution in [0.1, 0.15) is 19.5 Å². The second-order valence-electron chi connectivity index (χ2n) is 5.02. The lowest BCUT2D eigenvalue weighted by molar-refractivity contribution is 0.259. The minimum Gasteiger partial charge on any atom is -0.385 e. The number of thioether (sulfide) groups is 1. The van der Waals surface area contributed by atoms with Gasteiger partial charge < -0.3 is 5.32 Å². The molecule has 0 radical (unpaired) electrons. The van der Waals surface area contributed by atoms with Crippen molar-refractivity contribution >= 4 is 27.3 Å². The first-order valence-corrected chi connectivity index (χ1v) is 10.2. The van der Waals surface area contributed by atoms with Gasteiger partial charge in [-0.2, -0.15) is 11.8 Å². The molecule has 2 rings (SSSR count). The molecule has 21 heavy (non-hydrogen) atoms. The Labute approximate surface area is 131 Å². The van der Waals surface area contributed by atoms with Crippen molar-refractivity contribution in [1.82, 2.24) is 9.88 Å². The molecule has 0 spiro atoms.